The number of nitrogens with one attached hydrogen (secondary N) is 2. The molecular formula is C16H15N5OS. The minimum Gasteiger partial charge on any atom is -0.346 e. The monoisotopic (exact) mass is 325 g/mol. The second-order valence-corrected chi connectivity index (χ2v) is 6.30. The summed E-state index contributed by atoms with van der Waals surface area (Å²) in [6.45, 7) is 1.92. The number of benzene rings is 1. The molecule has 3 aromatic heterocycles. The van der Waals surface area contributed by atoms with Crippen LogP contribution in [-0.4, -0.2) is 25.3 Å². The van der Waals surface area contributed by atoms with Crippen LogP contribution in [0.3, 0.4) is 0 Å². The second kappa shape index (κ2) is 5.51. The molecule has 0 unspecified atom stereocenters. The van der Waals surface area contributed by atoms with Crippen LogP contribution in [0.1, 0.15) is 24.5 Å². The molecule has 6 nitrogen and oxygen atoms in total. The summed E-state index contributed by atoms with van der Waals surface area (Å²) in [7, 11) is 0. The number of imidazole rings is 2. The lowest BCUT2D eigenvalue weighted by molar-refractivity contribution is -0.121. The highest BCUT2D eigenvalue weighted by molar-refractivity contribution is 7.15. The summed E-state index contributed by atoms with van der Waals surface area (Å²) in [5.74, 6) is 0.689. The minimum absolute atomic E-state index is 0.0660. The third kappa shape index (κ3) is 2.70. The highest BCUT2D eigenvalue weighted by Crippen LogP contribution is 2.16. The van der Waals surface area contributed by atoms with Gasteiger partial charge in [-0.2, -0.15) is 0 Å². The molecule has 0 aliphatic heterocycles. The molecule has 1 aromatic carbocycles. The van der Waals surface area contributed by atoms with Crippen molar-refractivity contribution in [1.82, 2.24) is 24.7 Å². The number of H-pyrrole nitrogens is 1. The molecule has 4 aromatic rings. The molecule has 0 aliphatic carbocycles. The molecule has 7 heteroatoms. The molecule has 0 spiro atoms. The first-order valence-electron chi connectivity index (χ1n) is 7.34. The maximum Gasteiger partial charge on any atom is 0.226 e. The molecule has 0 saturated carbocycles. The number of aromatic amines is 1. The molecule has 3 heterocycles. The number of nitrogens with zero attached hydrogens (tertiary/aromatic N) is 3. The molecule has 4 rings (SSSR count). The third-order valence-electron chi connectivity index (χ3n) is 3.68. The number of hydrogen-bond donors (Lipinski definition) is 2. The fourth-order valence-corrected chi connectivity index (χ4v) is 3.28. The smallest absolute Gasteiger partial charge is 0.226 e. The van der Waals surface area contributed by atoms with E-state index in [1.807, 2.05) is 53.4 Å². The maximum absolute atomic E-state index is 12.2. The van der Waals surface area contributed by atoms with Crippen molar-refractivity contribution in [3.8, 4) is 0 Å². The van der Waals surface area contributed by atoms with E-state index in [0.29, 0.717) is 0 Å². The van der Waals surface area contributed by atoms with Gasteiger partial charge in [-0.25, -0.2) is 9.97 Å². The first-order valence-corrected chi connectivity index (χ1v) is 8.22. The Balaban J connectivity index is 1.45. The molecule has 2 N–H and O–H groups in total. The van der Waals surface area contributed by atoms with E-state index >= 15 is 0 Å². The number of carbonyl (C=O) groups is 1. The zero-order valence-electron chi connectivity index (χ0n) is 12.5. The van der Waals surface area contributed by atoms with Crippen molar-refractivity contribution < 1.29 is 4.79 Å². The van der Waals surface area contributed by atoms with Crippen LogP contribution in [0.5, 0.6) is 0 Å². The zero-order valence-corrected chi connectivity index (χ0v) is 13.3. The van der Waals surface area contributed by atoms with Gasteiger partial charge in [0.1, 0.15) is 5.82 Å². The molecule has 0 bridgehead atoms. The number of aromatic nitrogens is 4. The molecular weight excluding hydrogens is 310 g/mol. The lowest BCUT2D eigenvalue weighted by Gasteiger charge is -2.10. The summed E-state index contributed by atoms with van der Waals surface area (Å²) >= 11 is 1.55. The lowest BCUT2D eigenvalue weighted by atomic mass is 10.2. The molecule has 0 saturated heterocycles. The van der Waals surface area contributed by atoms with Crippen LogP contribution in [-0.2, 0) is 11.2 Å². The molecule has 23 heavy (non-hydrogen) atoms. The van der Waals surface area contributed by atoms with Gasteiger partial charge in [0.25, 0.3) is 0 Å². The van der Waals surface area contributed by atoms with Crippen molar-refractivity contribution in [2.24, 2.45) is 0 Å². The van der Waals surface area contributed by atoms with Crippen LogP contribution >= 0.6 is 11.3 Å². The predicted molar refractivity (Wildman–Crippen MR) is 89.4 cm³/mol. The molecule has 0 aliphatic rings. The quantitative estimate of drug-likeness (QED) is 0.606. The average Bonchev–Trinajstić information content (AvgIpc) is 3.19. The Labute approximate surface area is 136 Å². The van der Waals surface area contributed by atoms with Gasteiger partial charge < -0.3 is 10.3 Å². The van der Waals surface area contributed by atoms with E-state index < -0.39 is 0 Å². The largest absolute Gasteiger partial charge is 0.346 e. The third-order valence-corrected chi connectivity index (χ3v) is 4.45. The second-order valence-electron chi connectivity index (χ2n) is 5.43. The number of fused-ring (bicyclic) bond motifs is 2. The standard InChI is InChI=1S/C16H15N5OS/c1-10(15-19-12-4-2-3-5-13(12)20-15)17-14(22)8-11-9-21-6-7-23-16(21)18-11/h2-7,9-10H,8H2,1H3,(H,17,22)(H,19,20)/t10-/m0/s1. The van der Waals surface area contributed by atoms with Gasteiger partial charge in [-0.05, 0) is 19.1 Å². The average molecular weight is 325 g/mol. The van der Waals surface area contributed by atoms with Crippen LogP contribution in [0.15, 0.2) is 42.0 Å². The van der Waals surface area contributed by atoms with Gasteiger partial charge in [0.05, 0.1) is 29.2 Å². The van der Waals surface area contributed by atoms with Gasteiger partial charge in [0, 0.05) is 17.8 Å². The first-order chi connectivity index (χ1) is 11.2. The Morgan fingerprint density at radius 1 is 1.39 bits per heavy atom. The highest BCUT2D eigenvalue weighted by atomic mass is 32.1. The van der Waals surface area contributed by atoms with E-state index in [1.165, 1.54) is 0 Å². The maximum atomic E-state index is 12.2. The number of thiazole rings is 1. The molecule has 0 radical (unpaired) electrons. The molecule has 1 atom stereocenters. The van der Waals surface area contributed by atoms with Crippen molar-refractivity contribution >= 4 is 33.2 Å². The highest BCUT2D eigenvalue weighted by Gasteiger charge is 2.15. The normalized spacial score (nSPS) is 12.7. The van der Waals surface area contributed by atoms with Crippen molar-refractivity contribution in [2.45, 2.75) is 19.4 Å². The summed E-state index contributed by atoms with van der Waals surface area (Å²) in [5, 5.41) is 4.93. The molecule has 0 fully saturated rings. The van der Waals surface area contributed by atoms with E-state index in [2.05, 4.69) is 20.3 Å². The van der Waals surface area contributed by atoms with Crippen molar-refractivity contribution in [2.75, 3.05) is 0 Å². The fourth-order valence-electron chi connectivity index (χ4n) is 2.56. The van der Waals surface area contributed by atoms with Gasteiger partial charge in [0.2, 0.25) is 5.91 Å². The van der Waals surface area contributed by atoms with Crippen LogP contribution in [0.4, 0.5) is 0 Å². The van der Waals surface area contributed by atoms with Gasteiger partial charge in [-0.1, -0.05) is 12.1 Å². The Hall–Kier alpha value is -2.67. The minimum atomic E-state index is -0.182. The number of amides is 1. The van der Waals surface area contributed by atoms with Crippen LogP contribution < -0.4 is 5.32 Å². The SMILES string of the molecule is C[C@H](NC(=O)Cc1cn2ccsc2n1)c1nc2ccccc2[nH]1. The van der Waals surface area contributed by atoms with Gasteiger partial charge >= 0.3 is 0 Å². The van der Waals surface area contributed by atoms with Gasteiger partial charge in [-0.3, -0.25) is 9.20 Å². The lowest BCUT2D eigenvalue weighted by Crippen LogP contribution is -2.28. The van der Waals surface area contributed by atoms with Crippen LogP contribution in [0.25, 0.3) is 16.0 Å². The van der Waals surface area contributed by atoms with E-state index in [4.69, 9.17) is 0 Å². The van der Waals surface area contributed by atoms with Crippen molar-refractivity contribution in [3.05, 3.63) is 53.6 Å². The van der Waals surface area contributed by atoms with E-state index in [-0.39, 0.29) is 18.4 Å². The van der Waals surface area contributed by atoms with E-state index in [1.54, 1.807) is 11.3 Å². The topological polar surface area (TPSA) is 75.1 Å². The summed E-state index contributed by atoms with van der Waals surface area (Å²) in [5.41, 5.74) is 2.64. The Bertz CT molecular complexity index is 921. The number of para-hydroxylation sites is 2. The van der Waals surface area contributed by atoms with Gasteiger partial charge in [-0.15, -0.1) is 11.3 Å². The summed E-state index contributed by atoms with van der Waals surface area (Å²) in [4.78, 5) is 25.3. The summed E-state index contributed by atoms with van der Waals surface area (Å²) in [6, 6.07) is 7.64. The Morgan fingerprint density at radius 2 is 2.26 bits per heavy atom. The van der Waals surface area contributed by atoms with Crippen molar-refractivity contribution in [3.63, 3.8) is 0 Å². The first kappa shape index (κ1) is 14.0. The van der Waals surface area contributed by atoms with Gasteiger partial charge in [0.15, 0.2) is 4.96 Å². The van der Waals surface area contributed by atoms with Crippen molar-refractivity contribution in [1.29, 1.82) is 0 Å². The van der Waals surface area contributed by atoms with E-state index in [9.17, 15) is 4.79 Å². The Kier molecular flexibility index (Phi) is 3.34. The summed E-state index contributed by atoms with van der Waals surface area (Å²) < 4.78 is 1.93. The van der Waals surface area contributed by atoms with Crippen LogP contribution in [0.2, 0.25) is 0 Å². The number of carbonyl (C=O) groups excluding carboxylic acids is 1. The fraction of sp³-hybridized carbons (Fsp3) is 0.188. The number of hydrogen-bond acceptors (Lipinski definition) is 4. The predicted octanol–water partition coefficient (Wildman–Crippen LogP) is 2.69. The zero-order chi connectivity index (χ0) is 15.8. The molecule has 1 amide bonds. The summed E-state index contributed by atoms with van der Waals surface area (Å²) in [6.07, 6.45) is 4.08. The Morgan fingerprint density at radius 3 is 3.09 bits per heavy atom. The molecule has 116 valence electrons. The number of rotatable bonds is 4. The van der Waals surface area contributed by atoms with Crippen LogP contribution in [0, 0.1) is 0 Å². The van der Waals surface area contributed by atoms with E-state index in [0.717, 1.165) is 27.5 Å².